The predicted molar refractivity (Wildman–Crippen MR) is 128 cm³/mol. The van der Waals surface area contributed by atoms with Crippen molar-refractivity contribution in [2.45, 2.75) is 38.5 Å². The summed E-state index contributed by atoms with van der Waals surface area (Å²) >= 11 is 0. The van der Waals surface area contributed by atoms with Crippen LogP contribution in [0.5, 0.6) is 11.5 Å². The number of fused-ring (bicyclic) bond motifs is 2. The van der Waals surface area contributed by atoms with Crippen LogP contribution in [0.4, 0.5) is 0 Å². The van der Waals surface area contributed by atoms with E-state index in [1.807, 2.05) is 55.5 Å². The fraction of sp³-hybridized carbons (Fsp3) is 0.385. The van der Waals surface area contributed by atoms with E-state index in [4.69, 9.17) is 18.9 Å². The first-order valence-electron chi connectivity index (χ1n) is 11.9. The molecule has 0 saturated heterocycles. The molecule has 5 rings (SSSR count). The topological polar surface area (TPSA) is 115 Å². The predicted octanol–water partition coefficient (Wildman–Crippen LogP) is 3.36. The minimum atomic E-state index is -0.626. The minimum Gasteiger partial charge on any atom is -0.459 e. The first-order valence-corrected chi connectivity index (χ1v) is 11.9. The van der Waals surface area contributed by atoms with Gasteiger partial charge < -0.3 is 34.4 Å². The third kappa shape index (κ3) is 4.96. The number of carbonyl (C=O) groups excluding carboxylic acids is 1. The lowest BCUT2D eigenvalue weighted by Crippen LogP contribution is -2.39. The number of hydrogen-bond acceptors (Lipinski definition) is 7. The molecule has 0 bridgehead atoms. The molecule has 1 aromatic heterocycles. The highest BCUT2D eigenvalue weighted by Crippen LogP contribution is 2.42. The van der Waals surface area contributed by atoms with Gasteiger partial charge in [0.1, 0.15) is 5.82 Å². The zero-order chi connectivity index (χ0) is 24.2. The molecule has 2 aliphatic rings. The Bertz CT molecular complexity index is 1190. The van der Waals surface area contributed by atoms with Crippen LogP contribution in [0, 0.1) is 5.92 Å². The fourth-order valence-corrected chi connectivity index (χ4v) is 4.61. The van der Waals surface area contributed by atoms with Gasteiger partial charge in [-0.25, -0.2) is 4.98 Å². The highest BCUT2D eigenvalue weighted by molar-refractivity contribution is 5.91. The van der Waals surface area contributed by atoms with E-state index in [0.29, 0.717) is 36.8 Å². The summed E-state index contributed by atoms with van der Waals surface area (Å²) < 4.78 is 23.0. The van der Waals surface area contributed by atoms with Crippen molar-refractivity contribution < 1.29 is 28.8 Å². The second kappa shape index (κ2) is 10.4. The van der Waals surface area contributed by atoms with E-state index in [1.54, 1.807) is 0 Å². The second-order valence-corrected chi connectivity index (χ2v) is 8.52. The Labute approximate surface area is 203 Å². The highest BCUT2D eigenvalue weighted by Gasteiger charge is 2.38. The summed E-state index contributed by atoms with van der Waals surface area (Å²) in [4.78, 5) is 20.9. The van der Waals surface area contributed by atoms with E-state index < -0.39 is 6.29 Å². The zero-order valence-corrected chi connectivity index (χ0v) is 19.5. The van der Waals surface area contributed by atoms with Crippen LogP contribution in [0.2, 0.25) is 0 Å². The number of nitrogens with zero attached hydrogens (tertiary/aromatic N) is 1. The number of aliphatic hydroxyl groups excluding tert-OH is 1. The number of allylic oxidation sites excluding steroid dienone is 1. The van der Waals surface area contributed by atoms with Gasteiger partial charge in [0.05, 0.1) is 17.6 Å². The number of imidazole rings is 1. The van der Waals surface area contributed by atoms with Crippen molar-refractivity contribution in [2.75, 3.05) is 20.0 Å². The van der Waals surface area contributed by atoms with Gasteiger partial charge in [-0.2, -0.15) is 0 Å². The molecule has 1 amide bonds. The maximum atomic E-state index is 13.1. The number of carbonyl (C=O) groups is 1. The van der Waals surface area contributed by atoms with E-state index in [0.717, 1.165) is 16.6 Å². The minimum absolute atomic E-state index is 0.0672. The average molecular weight is 480 g/mol. The highest BCUT2D eigenvalue weighted by atomic mass is 16.7. The number of aromatic nitrogens is 2. The summed E-state index contributed by atoms with van der Waals surface area (Å²) in [5, 5.41) is 12.4. The van der Waals surface area contributed by atoms with Crippen LogP contribution >= 0.6 is 0 Å². The summed E-state index contributed by atoms with van der Waals surface area (Å²) in [6, 6.07) is 13.5. The van der Waals surface area contributed by atoms with Crippen LogP contribution in [-0.4, -0.2) is 47.3 Å². The average Bonchev–Trinajstić information content (AvgIpc) is 3.52. The van der Waals surface area contributed by atoms with Crippen LogP contribution in [0.15, 0.2) is 54.3 Å². The van der Waals surface area contributed by atoms with Crippen LogP contribution in [0.3, 0.4) is 0 Å². The van der Waals surface area contributed by atoms with E-state index in [9.17, 15) is 9.90 Å². The lowest BCUT2D eigenvalue weighted by Gasteiger charge is -2.37. The number of H-pyrrole nitrogens is 1. The lowest BCUT2D eigenvalue weighted by molar-refractivity contribution is -0.166. The standard InChI is InChI=1S/C26H29N3O6/c1-2-32-26-17(6-5-11-30)18(16-9-10-21-22(12-16)34-15-33-21)13-23(35-26)25(31)27-14-24-28-19-7-3-4-8-20(19)29-24/h3-4,7-10,12-13,17-18,26,30H,2,5-6,11,14-15H2,1H3,(H,27,31)(H,28,29)/t17-,18-,26-/m0/s1. The van der Waals surface area contributed by atoms with Crippen molar-refractivity contribution in [1.29, 1.82) is 0 Å². The Hall–Kier alpha value is -3.56. The molecule has 3 N–H and O–H groups in total. The molecule has 0 aliphatic carbocycles. The Balaban J connectivity index is 1.40. The van der Waals surface area contributed by atoms with E-state index in [1.165, 1.54) is 0 Å². The molecule has 9 heteroatoms. The van der Waals surface area contributed by atoms with Crippen LogP contribution in [0.1, 0.15) is 37.1 Å². The number of nitrogens with one attached hydrogen (secondary N) is 2. The summed E-state index contributed by atoms with van der Waals surface area (Å²) in [6.45, 7) is 2.81. The van der Waals surface area contributed by atoms with Gasteiger partial charge in [0.25, 0.3) is 5.91 Å². The maximum absolute atomic E-state index is 13.1. The number of ether oxygens (including phenoxy) is 4. The molecule has 3 heterocycles. The molecule has 3 atom stereocenters. The monoisotopic (exact) mass is 479 g/mol. The molecule has 2 aliphatic heterocycles. The van der Waals surface area contributed by atoms with Gasteiger partial charge in [0.2, 0.25) is 13.1 Å². The number of para-hydroxylation sites is 2. The van der Waals surface area contributed by atoms with E-state index >= 15 is 0 Å². The molecule has 3 aromatic rings. The number of amides is 1. The number of rotatable bonds is 9. The van der Waals surface area contributed by atoms with Crippen LogP contribution in [-0.2, 0) is 20.8 Å². The van der Waals surface area contributed by atoms with Crippen molar-refractivity contribution in [3.05, 3.63) is 65.7 Å². The first-order chi connectivity index (χ1) is 17.2. The number of benzene rings is 2. The van der Waals surface area contributed by atoms with E-state index in [-0.39, 0.29) is 43.4 Å². The molecule has 35 heavy (non-hydrogen) atoms. The van der Waals surface area contributed by atoms with Gasteiger partial charge in [0.15, 0.2) is 17.3 Å². The summed E-state index contributed by atoms with van der Waals surface area (Å²) in [5.41, 5.74) is 2.72. The molecule has 0 fully saturated rings. The van der Waals surface area contributed by atoms with Gasteiger partial charge in [-0.15, -0.1) is 0 Å². The lowest BCUT2D eigenvalue weighted by atomic mass is 9.80. The largest absolute Gasteiger partial charge is 0.459 e. The third-order valence-electron chi connectivity index (χ3n) is 6.27. The molecule has 9 nitrogen and oxygen atoms in total. The first kappa shape index (κ1) is 23.2. The summed E-state index contributed by atoms with van der Waals surface area (Å²) in [7, 11) is 0. The quantitative estimate of drug-likeness (QED) is 0.431. The van der Waals surface area contributed by atoms with Crippen molar-refractivity contribution in [2.24, 2.45) is 5.92 Å². The SMILES string of the molecule is CCO[C@H]1OC(C(=O)NCc2nc3ccccc3[nH]2)=C[C@@H](c2ccc3c(c2)OCO3)[C@@H]1CCCO. The Morgan fingerprint density at radius 2 is 2.09 bits per heavy atom. The van der Waals surface area contributed by atoms with Crippen molar-refractivity contribution in [3.63, 3.8) is 0 Å². The smallest absolute Gasteiger partial charge is 0.286 e. The van der Waals surface area contributed by atoms with Gasteiger partial charge in [0, 0.05) is 25.0 Å². The summed E-state index contributed by atoms with van der Waals surface area (Å²) in [6.07, 6.45) is 2.48. The normalized spacial score (nSPS) is 21.0. The molecular weight excluding hydrogens is 450 g/mol. The molecule has 0 spiro atoms. The van der Waals surface area contributed by atoms with Crippen LogP contribution in [0.25, 0.3) is 11.0 Å². The van der Waals surface area contributed by atoms with Crippen LogP contribution < -0.4 is 14.8 Å². The van der Waals surface area contributed by atoms with Gasteiger partial charge in [-0.05, 0) is 55.7 Å². The second-order valence-electron chi connectivity index (χ2n) is 8.52. The molecule has 0 radical (unpaired) electrons. The van der Waals surface area contributed by atoms with Gasteiger partial charge in [-0.3, -0.25) is 4.79 Å². The molecule has 2 aromatic carbocycles. The molecule has 0 unspecified atom stereocenters. The van der Waals surface area contributed by atoms with Gasteiger partial charge >= 0.3 is 0 Å². The number of aromatic amines is 1. The Morgan fingerprint density at radius 1 is 1.23 bits per heavy atom. The maximum Gasteiger partial charge on any atom is 0.286 e. The molecule has 0 saturated carbocycles. The number of aliphatic hydroxyl groups is 1. The summed E-state index contributed by atoms with van der Waals surface area (Å²) in [5.74, 6) is 1.62. The van der Waals surface area contributed by atoms with Crippen molar-refractivity contribution in [3.8, 4) is 11.5 Å². The third-order valence-corrected chi connectivity index (χ3v) is 6.27. The van der Waals surface area contributed by atoms with E-state index in [2.05, 4.69) is 15.3 Å². The van der Waals surface area contributed by atoms with Crippen molar-refractivity contribution in [1.82, 2.24) is 15.3 Å². The number of hydrogen-bond donors (Lipinski definition) is 3. The fourth-order valence-electron chi connectivity index (χ4n) is 4.61. The van der Waals surface area contributed by atoms with Crippen molar-refractivity contribution >= 4 is 16.9 Å². The zero-order valence-electron chi connectivity index (χ0n) is 19.5. The Morgan fingerprint density at radius 3 is 2.91 bits per heavy atom. The molecule has 184 valence electrons. The Kier molecular flexibility index (Phi) is 6.87. The van der Waals surface area contributed by atoms with Gasteiger partial charge in [-0.1, -0.05) is 18.2 Å². The molecular formula is C26H29N3O6.